The van der Waals surface area contributed by atoms with E-state index in [1.54, 1.807) is 0 Å². The van der Waals surface area contributed by atoms with Gasteiger partial charge in [0.15, 0.2) is 0 Å². The Hall–Kier alpha value is -1.61. The average Bonchev–Trinajstić information content (AvgIpc) is 2.34. The largest absolute Gasteiger partial charge is 0.384 e. The molecule has 0 atom stereocenters. The van der Waals surface area contributed by atoms with Crippen LogP contribution in [0.1, 0.15) is 23.2 Å². The van der Waals surface area contributed by atoms with E-state index in [1.807, 2.05) is 6.92 Å². The molecule has 0 saturated carbocycles. The Morgan fingerprint density at radius 1 is 1.17 bits per heavy atom. The van der Waals surface area contributed by atoms with E-state index < -0.39 is 0 Å². The van der Waals surface area contributed by atoms with E-state index in [2.05, 4.69) is 42.3 Å². The second-order valence-electron chi connectivity index (χ2n) is 4.80. The van der Waals surface area contributed by atoms with Gasteiger partial charge in [-0.15, -0.1) is 0 Å². The Morgan fingerprint density at radius 3 is 2.61 bits per heavy atom. The van der Waals surface area contributed by atoms with Gasteiger partial charge in [0.1, 0.15) is 0 Å². The van der Waals surface area contributed by atoms with Crippen LogP contribution in [-0.4, -0.2) is 18.1 Å². The third-order valence-corrected chi connectivity index (χ3v) is 3.20. The van der Waals surface area contributed by atoms with Crippen LogP contribution in [0.2, 0.25) is 0 Å². The van der Waals surface area contributed by atoms with Crippen molar-refractivity contribution in [1.29, 1.82) is 0 Å². The molecule has 2 rings (SSSR count). The molecular weight excluding hydrogens is 222 g/mol. The molecular formula is C15H21N3. The number of nitrogens with one attached hydrogen (secondary N) is 1. The van der Waals surface area contributed by atoms with E-state index in [4.69, 9.17) is 5.73 Å². The molecule has 0 aliphatic heterocycles. The second kappa shape index (κ2) is 5.36. The van der Waals surface area contributed by atoms with Gasteiger partial charge in [-0.3, -0.25) is 4.98 Å². The van der Waals surface area contributed by atoms with Crippen molar-refractivity contribution < 1.29 is 0 Å². The summed E-state index contributed by atoms with van der Waals surface area (Å²) in [4.78, 5) is 4.66. The van der Waals surface area contributed by atoms with Gasteiger partial charge in [0.25, 0.3) is 0 Å². The van der Waals surface area contributed by atoms with Crippen LogP contribution in [-0.2, 0) is 0 Å². The van der Waals surface area contributed by atoms with Crippen LogP contribution in [0.4, 0.5) is 5.69 Å². The van der Waals surface area contributed by atoms with Crippen molar-refractivity contribution >= 4 is 16.6 Å². The fraction of sp³-hybridized carbons (Fsp3) is 0.400. The van der Waals surface area contributed by atoms with E-state index in [-0.39, 0.29) is 0 Å². The quantitative estimate of drug-likeness (QED) is 0.812. The molecule has 0 unspecified atom stereocenters. The van der Waals surface area contributed by atoms with Gasteiger partial charge in [-0.05, 0) is 50.9 Å². The number of fused-ring (bicyclic) bond motifs is 1. The Balaban J connectivity index is 2.53. The highest BCUT2D eigenvalue weighted by Gasteiger charge is 2.08. The van der Waals surface area contributed by atoms with E-state index in [9.17, 15) is 0 Å². The second-order valence-corrected chi connectivity index (χ2v) is 4.80. The minimum atomic E-state index is 0.715. The zero-order chi connectivity index (χ0) is 13.1. The molecule has 3 heteroatoms. The van der Waals surface area contributed by atoms with E-state index in [0.717, 1.165) is 24.2 Å². The van der Waals surface area contributed by atoms with Crippen molar-refractivity contribution in [3.05, 3.63) is 35.0 Å². The van der Waals surface area contributed by atoms with Gasteiger partial charge in [0, 0.05) is 23.3 Å². The zero-order valence-corrected chi connectivity index (χ0v) is 11.4. The molecule has 0 aliphatic rings. The number of rotatable bonds is 4. The lowest BCUT2D eigenvalue weighted by atomic mass is 10.0. The Kier molecular flexibility index (Phi) is 3.82. The summed E-state index contributed by atoms with van der Waals surface area (Å²) in [5.41, 5.74) is 11.3. The van der Waals surface area contributed by atoms with Crippen LogP contribution in [0.5, 0.6) is 0 Å². The summed E-state index contributed by atoms with van der Waals surface area (Å²) in [6.45, 7) is 7.90. The molecule has 0 radical (unpaired) electrons. The number of pyridine rings is 1. The normalized spacial score (nSPS) is 10.9. The number of aryl methyl sites for hydroxylation is 3. The molecule has 3 N–H and O–H groups in total. The predicted molar refractivity (Wildman–Crippen MR) is 78.1 cm³/mol. The molecule has 0 fully saturated rings. The summed E-state index contributed by atoms with van der Waals surface area (Å²) in [5, 5.41) is 4.71. The SMILES string of the molecule is Cc1cc(NCCCN)c2c(C)ccc(C)c2n1. The zero-order valence-electron chi connectivity index (χ0n) is 11.4. The van der Waals surface area contributed by atoms with Crippen LogP contribution in [0, 0.1) is 20.8 Å². The molecule has 18 heavy (non-hydrogen) atoms. The summed E-state index contributed by atoms with van der Waals surface area (Å²) >= 11 is 0. The van der Waals surface area contributed by atoms with Crippen molar-refractivity contribution in [3.63, 3.8) is 0 Å². The molecule has 96 valence electrons. The van der Waals surface area contributed by atoms with Crippen molar-refractivity contribution in [2.75, 3.05) is 18.4 Å². The number of nitrogens with two attached hydrogens (primary N) is 1. The van der Waals surface area contributed by atoms with E-state index >= 15 is 0 Å². The summed E-state index contributed by atoms with van der Waals surface area (Å²) in [5.74, 6) is 0. The molecule has 3 nitrogen and oxygen atoms in total. The third-order valence-electron chi connectivity index (χ3n) is 3.20. The van der Waals surface area contributed by atoms with E-state index in [1.165, 1.54) is 22.2 Å². The molecule has 0 spiro atoms. The molecule has 0 bridgehead atoms. The van der Waals surface area contributed by atoms with Crippen LogP contribution >= 0.6 is 0 Å². The Bertz CT molecular complexity index is 561. The van der Waals surface area contributed by atoms with Gasteiger partial charge in [0.2, 0.25) is 0 Å². The van der Waals surface area contributed by atoms with Crippen LogP contribution < -0.4 is 11.1 Å². The highest BCUT2D eigenvalue weighted by molar-refractivity contribution is 5.96. The number of nitrogens with zero attached hydrogens (tertiary/aromatic N) is 1. The van der Waals surface area contributed by atoms with Gasteiger partial charge in [0.05, 0.1) is 5.52 Å². The topological polar surface area (TPSA) is 50.9 Å². The molecule has 0 aliphatic carbocycles. The first-order valence-corrected chi connectivity index (χ1v) is 6.45. The van der Waals surface area contributed by atoms with Gasteiger partial charge < -0.3 is 11.1 Å². The molecule has 1 heterocycles. The number of anilines is 1. The minimum Gasteiger partial charge on any atom is -0.384 e. The number of benzene rings is 1. The lowest BCUT2D eigenvalue weighted by Gasteiger charge is -2.13. The molecule has 0 amide bonds. The lowest BCUT2D eigenvalue weighted by Crippen LogP contribution is -2.09. The van der Waals surface area contributed by atoms with Crippen LogP contribution in [0.25, 0.3) is 10.9 Å². The maximum absolute atomic E-state index is 5.54. The highest BCUT2D eigenvalue weighted by Crippen LogP contribution is 2.28. The van der Waals surface area contributed by atoms with Crippen molar-refractivity contribution in [1.82, 2.24) is 4.98 Å². The van der Waals surface area contributed by atoms with Crippen LogP contribution in [0.3, 0.4) is 0 Å². The average molecular weight is 243 g/mol. The Morgan fingerprint density at radius 2 is 1.89 bits per heavy atom. The monoisotopic (exact) mass is 243 g/mol. The van der Waals surface area contributed by atoms with Crippen molar-refractivity contribution in [2.24, 2.45) is 5.73 Å². The smallest absolute Gasteiger partial charge is 0.0757 e. The van der Waals surface area contributed by atoms with Gasteiger partial charge in [-0.2, -0.15) is 0 Å². The predicted octanol–water partition coefficient (Wildman–Crippen LogP) is 2.92. The standard InChI is InChI=1S/C15H21N3/c1-10-5-6-11(2)15-14(10)13(9-12(3)18-15)17-8-4-7-16/h5-6,9H,4,7-8,16H2,1-3H3,(H,17,18). The highest BCUT2D eigenvalue weighted by atomic mass is 14.9. The number of hydrogen-bond acceptors (Lipinski definition) is 3. The molecule has 1 aromatic carbocycles. The van der Waals surface area contributed by atoms with Crippen molar-refractivity contribution in [2.45, 2.75) is 27.2 Å². The summed E-state index contributed by atoms with van der Waals surface area (Å²) < 4.78 is 0. The van der Waals surface area contributed by atoms with E-state index in [0.29, 0.717) is 6.54 Å². The fourth-order valence-electron chi connectivity index (χ4n) is 2.23. The maximum Gasteiger partial charge on any atom is 0.0757 e. The van der Waals surface area contributed by atoms with Gasteiger partial charge in [-0.25, -0.2) is 0 Å². The Labute approximate surface area is 108 Å². The first kappa shape index (κ1) is 12.8. The number of aromatic nitrogens is 1. The third kappa shape index (κ3) is 2.46. The summed E-state index contributed by atoms with van der Waals surface area (Å²) in [6.07, 6.45) is 0.980. The first-order valence-electron chi connectivity index (χ1n) is 6.45. The summed E-state index contributed by atoms with van der Waals surface area (Å²) in [7, 11) is 0. The summed E-state index contributed by atoms with van der Waals surface area (Å²) in [6, 6.07) is 6.40. The molecule has 0 saturated heterocycles. The lowest BCUT2D eigenvalue weighted by molar-refractivity contribution is 0.875. The van der Waals surface area contributed by atoms with Gasteiger partial charge >= 0.3 is 0 Å². The molecule has 2 aromatic rings. The maximum atomic E-state index is 5.54. The van der Waals surface area contributed by atoms with Crippen molar-refractivity contribution in [3.8, 4) is 0 Å². The molecule has 1 aromatic heterocycles. The fourth-order valence-corrected chi connectivity index (χ4v) is 2.23. The minimum absolute atomic E-state index is 0.715. The number of hydrogen-bond donors (Lipinski definition) is 2. The van der Waals surface area contributed by atoms with Gasteiger partial charge in [-0.1, -0.05) is 12.1 Å². The van der Waals surface area contributed by atoms with Crippen LogP contribution in [0.15, 0.2) is 18.2 Å². The first-order chi connectivity index (χ1) is 8.63.